The van der Waals surface area contributed by atoms with Crippen LogP contribution in [-0.4, -0.2) is 232 Å². The fraction of sp³-hybridized carbons (Fsp3) is 0.444. The number of aromatic hydroxyl groups is 2. The lowest BCUT2D eigenvalue weighted by atomic mass is 9.87. The van der Waals surface area contributed by atoms with Crippen molar-refractivity contribution < 1.29 is 107 Å². The number of H-pyrrole nitrogens is 2. The predicted molar refractivity (Wildman–Crippen MR) is 493 cm³/mol. The molecule has 2 fully saturated rings. The molecule has 0 unspecified atom stereocenters. The first-order chi connectivity index (χ1) is 63.3. The highest BCUT2D eigenvalue weighted by atomic mass is 16.6. The van der Waals surface area contributed by atoms with Gasteiger partial charge in [0.1, 0.15) is 41.3 Å². The SMILES string of the molecule is C[C@@H](O)[C@@H]1NC(=O)[C@H](CCCCN)CC(=O)[C@@H](Cc2c[nH]c3ccccc23)NC(=O)[C@H](Cc2ccc(O)cc2)CC(=O)[C@H](CCC(=O)O)N(C)C(=O)[C@H](Cc2ccccc2)NC1=O.C[C@@H](O)[C@@H]1NC(=O)[C@H](CCCCNC(=O)OC(C)(C)C)CC(=O)[C@@H](Cc2c[nH]c3ccccc23)NC(=O)[C@H](Cc2ccc(O)cc2)CC(=O)[C@H](CCC(=O)O)N(C)C(=O)[C@H](Cc2ccccc2)NC1=O. The molecule has 0 bridgehead atoms. The summed E-state index contributed by atoms with van der Waals surface area (Å²) in [6, 6.07) is 32.9. The summed E-state index contributed by atoms with van der Waals surface area (Å²) < 4.78 is 5.33. The van der Waals surface area contributed by atoms with E-state index in [1.165, 1.54) is 52.2 Å². The number of para-hydroxylation sites is 2. The molecule has 133 heavy (non-hydrogen) atoms. The Hall–Kier alpha value is -13.5. The fourth-order valence-electron chi connectivity index (χ4n) is 16.6. The van der Waals surface area contributed by atoms with Gasteiger partial charge in [0.05, 0.1) is 36.4 Å². The van der Waals surface area contributed by atoms with Crippen molar-refractivity contribution in [1.82, 2.24) is 57.0 Å². The highest BCUT2D eigenvalue weighted by Gasteiger charge is 2.43. The van der Waals surface area contributed by atoms with Crippen LogP contribution in [0.25, 0.3) is 21.8 Å². The zero-order valence-electron chi connectivity index (χ0n) is 76.0. The van der Waals surface area contributed by atoms with Crippen LogP contribution in [0.3, 0.4) is 0 Å². The van der Waals surface area contributed by atoms with Gasteiger partial charge < -0.3 is 98.1 Å². The zero-order chi connectivity index (χ0) is 96.8. The van der Waals surface area contributed by atoms with Crippen molar-refractivity contribution in [2.45, 2.75) is 229 Å². The summed E-state index contributed by atoms with van der Waals surface area (Å²) >= 11 is 0. The van der Waals surface area contributed by atoms with Crippen molar-refractivity contribution >= 4 is 110 Å². The van der Waals surface area contributed by atoms with Gasteiger partial charge in [-0.15, -0.1) is 0 Å². The number of phenolic OH excluding ortho intramolecular Hbond substituents is 2. The molecule has 2 aliphatic heterocycles. The van der Waals surface area contributed by atoms with E-state index in [4.69, 9.17) is 10.5 Å². The highest BCUT2D eigenvalue weighted by molar-refractivity contribution is 6.01. The van der Waals surface area contributed by atoms with Gasteiger partial charge in [0.2, 0.25) is 47.3 Å². The van der Waals surface area contributed by atoms with E-state index in [1.54, 1.807) is 118 Å². The minimum absolute atomic E-state index is 0.00554. The number of carbonyl (C=O) groups excluding carboxylic acids is 13. The van der Waals surface area contributed by atoms with E-state index in [1.807, 2.05) is 48.5 Å². The number of rotatable bonds is 29. The summed E-state index contributed by atoms with van der Waals surface area (Å²) in [4.78, 5) is 219. The van der Waals surface area contributed by atoms with Gasteiger partial charge in [-0.2, -0.15) is 0 Å². The van der Waals surface area contributed by atoms with Crippen LogP contribution in [-0.2, 0) is 110 Å². The van der Waals surface area contributed by atoms with Gasteiger partial charge in [0.25, 0.3) is 0 Å². The number of Topliss-reactive ketones (excluding diaryl/α,β-unsaturated/α-hetero) is 4. The van der Waals surface area contributed by atoms with Crippen LogP contribution < -0.4 is 43.0 Å². The van der Waals surface area contributed by atoms with Crippen LogP contribution in [0, 0.1) is 23.7 Å². The molecule has 0 radical (unpaired) electrons. The molecule has 0 aliphatic carbocycles. The number of nitrogens with two attached hydrogens (primary N) is 1. The van der Waals surface area contributed by atoms with Gasteiger partial charge >= 0.3 is 18.0 Å². The Morgan fingerprint density at radius 3 is 1.14 bits per heavy atom. The number of aliphatic carboxylic acids is 2. The van der Waals surface area contributed by atoms with Gasteiger partial charge in [-0.05, 0) is 162 Å². The number of amides is 9. The van der Waals surface area contributed by atoms with E-state index in [0.717, 1.165) is 31.6 Å². The molecule has 712 valence electrons. The second-order valence-electron chi connectivity index (χ2n) is 35.4. The molecule has 14 atom stereocenters. The second-order valence-corrected chi connectivity index (χ2v) is 35.4. The van der Waals surface area contributed by atoms with Crippen LogP contribution in [0.1, 0.15) is 158 Å². The van der Waals surface area contributed by atoms with Crippen molar-refractivity contribution in [3.05, 3.63) is 203 Å². The molecule has 9 amide bonds. The molecule has 4 heterocycles. The first-order valence-corrected chi connectivity index (χ1v) is 45.0. The van der Waals surface area contributed by atoms with Gasteiger partial charge in [-0.1, -0.05) is 134 Å². The van der Waals surface area contributed by atoms with Crippen LogP contribution in [0.5, 0.6) is 11.5 Å². The van der Waals surface area contributed by atoms with Crippen molar-refractivity contribution in [3.63, 3.8) is 0 Å². The Balaban J connectivity index is 0.000000301. The summed E-state index contributed by atoms with van der Waals surface area (Å²) in [5.74, 6) is -15.6. The number of aliphatic hydroxyl groups excluding tert-OH is 2. The van der Waals surface area contributed by atoms with Crippen molar-refractivity contribution in [2.24, 2.45) is 29.4 Å². The number of carbonyl (C=O) groups is 15. The number of ketones is 4. The van der Waals surface area contributed by atoms with E-state index >= 15 is 0 Å². The topological polar surface area (TPSA) is 535 Å². The Bertz CT molecular complexity index is 5350. The molecule has 8 aromatic rings. The third kappa shape index (κ3) is 31.4. The average Bonchev–Trinajstić information content (AvgIpc) is 1.71. The van der Waals surface area contributed by atoms with Crippen molar-refractivity contribution in [2.75, 3.05) is 27.2 Å². The molecule has 2 saturated heterocycles. The number of unbranched alkanes of at least 4 members (excludes halogenated alkanes) is 2. The number of ether oxygens (including phenoxy) is 1. The minimum atomic E-state index is -1.64. The Labute approximate surface area is 771 Å². The third-order valence-corrected chi connectivity index (χ3v) is 23.9. The first kappa shape index (κ1) is 103. The molecule has 10 rings (SSSR count). The molecular formula is C99H124N12O22. The van der Waals surface area contributed by atoms with Gasteiger partial charge in [0.15, 0.2) is 23.1 Å². The standard InChI is InChI=1S/C52H66N6O12.C47H58N6O10/c1-31(59)46-49(67)56-41(26-32-13-7-6-8-14-32)50(68)58(5)42(22-23-45(63)64)44(62)29-35(25-33-18-20-37(60)21-19-33)48(66)55-40(27-36-30-54-39-17-10-9-16-38(36)39)43(61)28-34(47(65)57-46)15-11-12-24-53-51(69)70-52(2,3)4;1-28(54)43-46(62)51-38(23-29-10-4-3-5-11-29)47(63)53(2)39(19-20-42(58)59)41(57)26-32(22-30-15-17-34(55)18-16-30)45(61)50-37(24-33-27-49-36-14-7-6-13-35(33)36)40(56)25-31(44(60)52-43)12-8-9-21-48/h6-10,13-14,16-21,30-31,34-35,40-42,46,54,59-60H,11-12,15,22-29H2,1-5H3,(H,53,69)(H,55,66)(H,56,67)(H,57,65)(H,63,64);3-7,10-11,13-18,27-28,31-32,37-39,43,49,54-55H,8-9,12,19-26,48H2,1-2H3,(H,50,61)(H,51,62)(H,52,60)(H,58,59)/t31-,34-,35-,40-,41+,42+,46+;28-,31-,32-,37-,38+,39+,43+/m11/s1. The highest BCUT2D eigenvalue weighted by Crippen LogP contribution is 2.30. The number of alkyl carbamates (subject to hydrolysis) is 1. The number of hydrogen-bond acceptors (Lipinski definition) is 21. The lowest BCUT2D eigenvalue weighted by Crippen LogP contribution is -2.59. The summed E-state index contributed by atoms with van der Waals surface area (Å²) in [7, 11) is 2.63. The Kier molecular flexibility index (Phi) is 38.6. The van der Waals surface area contributed by atoms with Crippen LogP contribution in [0.4, 0.5) is 4.79 Å². The number of likely N-dealkylation sites (N-methyl/N-ethyl adjacent to an activating group) is 2. The summed E-state index contributed by atoms with van der Waals surface area (Å²) in [6.45, 7) is 8.27. The summed E-state index contributed by atoms with van der Waals surface area (Å²) in [5, 5.41) is 82.1. The van der Waals surface area contributed by atoms with Gasteiger partial charge in [-0.3, -0.25) is 67.1 Å². The summed E-state index contributed by atoms with van der Waals surface area (Å²) in [5.41, 5.74) is 10.3. The molecule has 34 heteroatoms. The number of benzene rings is 6. The number of nitrogens with one attached hydrogen (secondary N) is 9. The third-order valence-electron chi connectivity index (χ3n) is 23.9. The van der Waals surface area contributed by atoms with Crippen molar-refractivity contribution in [3.8, 4) is 11.5 Å². The number of carboxylic acids is 2. The number of nitrogens with zero attached hydrogens (tertiary/aromatic N) is 2. The minimum Gasteiger partial charge on any atom is -0.508 e. The second kappa shape index (κ2) is 49.7. The monoisotopic (exact) mass is 1830 g/mol. The number of carboxylic acid groups (broad SMARTS) is 2. The zero-order valence-corrected chi connectivity index (χ0v) is 76.0. The van der Waals surface area contributed by atoms with E-state index < -0.39 is 210 Å². The normalized spacial score (nSPS) is 22.2. The maximum Gasteiger partial charge on any atom is 0.407 e. The number of fused-ring (bicyclic) bond motifs is 2. The van der Waals surface area contributed by atoms with E-state index in [2.05, 4.69) is 47.2 Å². The quantitative estimate of drug-likeness (QED) is 0.0210. The maximum atomic E-state index is 14.8. The lowest BCUT2D eigenvalue weighted by molar-refractivity contribution is -0.144. The molecule has 17 N–H and O–H groups in total. The number of aliphatic hydroxyl groups is 2. The van der Waals surface area contributed by atoms with Crippen molar-refractivity contribution in [1.29, 1.82) is 0 Å². The molecule has 0 saturated carbocycles. The number of hydrogen-bond donors (Lipinski definition) is 16. The molecule has 6 aromatic carbocycles. The lowest BCUT2D eigenvalue weighted by Gasteiger charge is -2.33. The Morgan fingerprint density at radius 1 is 0.421 bits per heavy atom. The average molecular weight is 1830 g/mol. The smallest absolute Gasteiger partial charge is 0.407 e. The van der Waals surface area contributed by atoms with Crippen LogP contribution in [0.15, 0.2) is 170 Å². The Morgan fingerprint density at radius 2 is 0.767 bits per heavy atom. The first-order valence-electron chi connectivity index (χ1n) is 45.0. The van der Waals surface area contributed by atoms with E-state index in [0.29, 0.717) is 65.6 Å². The molecule has 2 aromatic heterocycles. The van der Waals surface area contributed by atoms with E-state index in [9.17, 15) is 103 Å². The van der Waals surface area contributed by atoms with Crippen LogP contribution in [0.2, 0.25) is 0 Å². The summed E-state index contributed by atoms with van der Waals surface area (Å²) in [6.07, 6.45) is -2.05. The van der Waals surface area contributed by atoms with Gasteiger partial charge in [0, 0.05) is 143 Å². The van der Waals surface area contributed by atoms with Crippen LogP contribution >= 0.6 is 0 Å². The molecule has 2 aliphatic rings. The maximum absolute atomic E-state index is 14.8. The number of aromatic amines is 2. The molecular weight excluding hydrogens is 1710 g/mol. The molecule has 34 nitrogen and oxygen atoms in total. The predicted octanol–water partition coefficient (Wildman–Crippen LogP) is 7.01. The largest absolute Gasteiger partial charge is 0.508 e. The van der Waals surface area contributed by atoms with E-state index in [-0.39, 0.29) is 88.7 Å². The fourth-order valence-corrected chi connectivity index (χ4v) is 16.6. The van der Waals surface area contributed by atoms with Gasteiger partial charge in [-0.25, -0.2) is 4.79 Å². The number of aromatic nitrogens is 2. The molecule has 0 spiro atoms. The number of phenols is 2.